The maximum absolute atomic E-state index is 13.7. The lowest BCUT2D eigenvalue weighted by Crippen LogP contribution is -2.44. The van der Waals surface area contributed by atoms with E-state index >= 15 is 0 Å². The van der Waals surface area contributed by atoms with Crippen molar-refractivity contribution in [1.29, 1.82) is 0 Å². The van der Waals surface area contributed by atoms with E-state index < -0.39 is 26.8 Å². The number of carbonyl (C=O) groups is 1. The normalized spacial score (nSPS) is 27.8. The molecule has 7 heteroatoms. The largest absolute Gasteiger partial charge is 0.333 e. The second kappa shape index (κ2) is 4.18. The molecule has 0 spiro atoms. The molecular weight excluding hydrogens is 293 g/mol. The Hall–Kier alpha value is -1.14. The van der Waals surface area contributed by atoms with Crippen LogP contribution in [0.2, 0.25) is 5.02 Å². The van der Waals surface area contributed by atoms with Crippen molar-refractivity contribution in [3.8, 4) is 0 Å². The Bertz CT molecular complexity index is 641. The standard InChI is InChI=1S/C12H11ClFNO3S/c13-9-2-1-3-10(14)11(9)12(16)15-5-8-4-7(15)6-19(8,17)18/h1-3,7-8H,4-6H2/t7-,8+/m0/s1. The van der Waals surface area contributed by atoms with Gasteiger partial charge >= 0.3 is 0 Å². The fraction of sp³-hybridized carbons (Fsp3) is 0.417. The molecule has 2 fully saturated rings. The highest BCUT2D eigenvalue weighted by atomic mass is 35.5. The Kier molecular flexibility index (Phi) is 2.83. The predicted molar refractivity (Wildman–Crippen MR) is 68.4 cm³/mol. The summed E-state index contributed by atoms with van der Waals surface area (Å²) in [7, 11) is -3.08. The molecule has 3 rings (SSSR count). The van der Waals surface area contributed by atoms with Gasteiger partial charge in [-0.1, -0.05) is 17.7 Å². The van der Waals surface area contributed by atoms with E-state index in [1.165, 1.54) is 23.1 Å². The lowest BCUT2D eigenvalue weighted by atomic mass is 10.1. The van der Waals surface area contributed by atoms with Gasteiger partial charge in [0.15, 0.2) is 9.84 Å². The van der Waals surface area contributed by atoms with Gasteiger partial charge in [0.1, 0.15) is 5.82 Å². The molecule has 2 aliphatic heterocycles. The van der Waals surface area contributed by atoms with Crippen molar-refractivity contribution in [1.82, 2.24) is 4.90 Å². The molecule has 2 saturated heterocycles. The summed E-state index contributed by atoms with van der Waals surface area (Å²) >= 11 is 5.86. The molecule has 2 atom stereocenters. The van der Waals surface area contributed by atoms with E-state index in [0.29, 0.717) is 6.42 Å². The number of amides is 1. The molecule has 19 heavy (non-hydrogen) atoms. The first kappa shape index (κ1) is 12.9. The third-order valence-electron chi connectivity index (χ3n) is 3.75. The van der Waals surface area contributed by atoms with E-state index in [2.05, 4.69) is 0 Å². The van der Waals surface area contributed by atoms with E-state index in [0.717, 1.165) is 0 Å². The summed E-state index contributed by atoms with van der Waals surface area (Å²) in [6.07, 6.45) is 0.445. The highest BCUT2D eigenvalue weighted by molar-refractivity contribution is 7.92. The van der Waals surface area contributed by atoms with Crippen LogP contribution in [0.15, 0.2) is 18.2 Å². The van der Waals surface area contributed by atoms with Crippen LogP contribution >= 0.6 is 11.6 Å². The zero-order chi connectivity index (χ0) is 13.8. The van der Waals surface area contributed by atoms with E-state index in [4.69, 9.17) is 11.6 Å². The molecule has 1 amide bonds. The summed E-state index contributed by atoms with van der Waals surface area (Å²) < 4.78 is 36.9. The lowest BCUT2D eigenvalue weighted by Gasteiger charge is -2.27. The van der Waals surface area contributed by atoms with Crippen molar-refractivity contribution in [2.45, 2.75) is 17.7 Å². The van der Waals surface area contributed by atoms with Gasteiger partial charge in [-0.05, 0) is 18.6 Å². The molecule has 0 radical (unpaired) electrons. The van der Waals surface area contributed by atoms with Crippen molar-refractivity contribution in [2.24, 2.45) is 0 Å². The van der Waals surface area contributed by atoms with E-state index in [-0.39, 0.29) is 28.9 Å². The van der Waals surface area contributed by atoms with Crippen LogP contribution in [0.3, 0.4) is 0 Å². The van der Waals surface area contributed by atoms with E-state index in [1.54, 1.807) is 0 Å². The van der Waals surface area contributed by atoms with Crippen molar-refractivity contribution < 1.29 is 17.6 Å². The number of carbonyl (C=O) groups excluding carboxylic acids is 1. The maximum atomic E-state index is 13.7. The van der Waals surface area contributed by atoms with Crippen LogP contribution in [0.4, 0.5) is 4.39 Å². The summed E-state index contributed by atoms with van der Waals surface area (Å²) in [5, 5.41) is -0.456. The van der Waals surface area contributed by atoms with Gasteiger partial charge in [0.25, 0.3) is 5.91 Å². The number of nitrogens with zero attached hydrogens (tertiary/aromatic N) is 1. The molecule has 0 N–H and O–H groups in total. The van der Waals surface area contributed by atoms with Crippen molar-refractivity contribution in [3.05, 3.63) is 34.6 Å². The topological polar surface area (TPSA) is 54.5 Å². The number of hydrogen-bond acceptors (Lipinski definition) is 3. The number of fused-ring (bicyclic) bond motifs is 2. The van der Waals surface area contributed by atoms with E-state index in [1.807, 2.05) is 0 Å². The third-order valence-corrected chi connectivity index (χ3v) is 6.27. The van der Waals surface area contributed by atoms with Crippen molar-refractivity contribution in [3.63, 3.8) is 0 Å². The van der Waals surface area contributed by atoms with Crippen LogP contribution in [0, 0.1) is 5.82 Å². The molecule has 4 nitrogen and oxygen atoms in total. The van der Waals surface area contributed by atoms with Crippen LogP contribution in [-0.2, 0) is 9.84 Å². The molecule has 2 aliphatic rings. The Balaban J connectivity index is 1.92. The fourth-order valence-electron chi connectivity index (χ4n) is 2.79. The molecule has 0 aliphatic carbocycles. The summed E-state index contributed by atoms with van der Waals surface area (Å²) in [6, 6.07) is 3.69. The van der Waals surface area contributed by atoms with Crippen molar-refractivity contribution in [2.75, 3.05) is 12.3 Å². The number of halogens is 2. The quantitative estimate of drug-likeness (QED) is 0.790. The van der Waals surface area contributed by atoms with Gasteiger partial charge in [0.05, 0.1) is 21.6 Å². The third kappa shape index (κ3) is 1.94. The number of likely N-dealkylation sites (tertiary alicyclic amines) is 1. The van der Waals surface area contributed by atoms with Crippen LogP contribution in [0.1, 0.15) is 16.8 Å². The van der Waals surface area contributed by atoms with Gasteiger partial charge in [-0.15, -0.1) is 0 Å². The van der Waals surface area contributed by atoms with Crippen LogP contribution < -0.4 is 0 Å². The van der Waals surface area contributed by atoms with Crippen LogP contribution in [0.5, 0.6) is 0 Å². The Morgan fingerprint density at radius 1 is 1.42 bits per heavy atom. The number of rotatable bonds is 1. The summed E-state index contributed by atoms with van der Waals surface area (Å²) in [6.45, 7) is 0.135. The van der Waals surface area contributed by atoms with E-state index in [9.17, 15) is 17.6 Å². The number of sulfone groups is 1. The van der Waals surface area contributed by atoms with Gasteiger partial charge in [0, 0.05) is 12.6 Å². The second-order valence-corrected chi connectivity index (χ2v) is 7.63. The molecule has 2 bridgehead atoms. The van der Waals surface area contributed by atoms with Gasteiger partial charge in [0.2, 0.25) is 0 Å². The minimum absolute atomic E-state index is 0.0323. The second-order valence-electron chi connectivity index (χ2n) is 4.90. The van der Waals surface area contributed by atoms with Gasteiger partial charge in [-0.3, -0.25) is 4.79 Å². The average Bonchev–Trinajstić information content (AvgIpc) is 2.83. The maximum Gasteiger partial charge on any atom is 0.258 e. The first-order valence-electron chi connectivity index (χ1n) is 5.86. The smallest absolute Gasteiger partial charge is 0.258 e. The Morgan fingerprint density at radius 2 is 2.16 bits per heavy atom. The molecule has 2 heterocycles. The summed E-state index contributed by atoms with van der Waals surface area (Å²) in [4.78, 5) is 13.7. The zero-order valence-electron chi connectivity index (χ0n) is 9.84. The Morgan fingerprint density at radius 3 is 2.68 bits per heavy atom. The van der Waals surface area contributed by atoms with Gasteiger partial charge in [-0.2, -0.15) is 0 Å². The van der Waals surface area contributed by atoms with Gasteiger partial charge in [-0.25, -0.2) is 12.8 Å². The number of benzene rings is 1. The number of hydrogen-bond donors (Lipinski definition) is 0. The molecule has 1 aromatic rings. The van der Waals surface area contributed by atoms with Crippen LogP contribution in [-0.4, -0.2) is 42.8 Å². The SMILES string of the molecule is O=C(c1c(F)cccc1Cl)N1C[C@H]2C[C@H]1CS2(=O)=O. The molecule has 0 unspecified atom stereocenters. The molecular formula is C12H11ClFNO3S. The summed E-state index contributed by atoms with van der Waals surface area (Å²) in [5.74, 6) is -1.23. The zero-order valence-corrected chi connectivity index (χ0v) is 11.4. The summed E-state index contributed by atoms with van der Waals surface area (Å²) in [5.41, 5.74) is -0.172. The van der Waals surface area contributed by atoms with Crippen molar-refractivity contribution >= 4 is 27.3 Å². The lowest BCUT2D eigenvalue weighted by molar-refractivity contribution is 0.0741. The first-order valence-corrected chi connectivity index (χ1v) is 7.96. The molecule has 102 valence electrons. The highest BCUT2D eigenvalue weighted by Gasteiger charge is 2.50. The monoisotopic (exact) mass is 303 g/mol. The molecule has 0 aromatic heterocycles. The molecule has 1 aromatic carbocycles. The van der Waals surface area contributed by atoms with Crippen LogP contribution in [0.25, 0.3) is 0 Å². The minimum Gasteiger partial charge on any atom is -0.333 e. The fourth-order valence-corrected chi connectivity index (χ4v) is 5.06. The highest BCUT2D eigenvalue weighted by Crippen LogP contribution is 2.35. The molecule has 0 saturated carbocycles. The minimum atomic E-state index is -3.08. The first-order chi connectivity index (χ1) is 8.90. The van der Waals surface area contributed by atoms with Gasteiger partial charge < -0.3 is 4.90 Å². The average molecular weight is 304 g/mol. The Labute approximate surface area is 115 Å². The predicted octanol–water partition coefficient (Wildman–Crippen LogP) is 1.49.